The first-order valence-electron chi connectivity index (χ1n) is 2.92. The van der Waals surface area contributed by atoms with E-state index in [-0.39, 0.29) is 0 Å². The van der Waals surface area contributed by atoms with Crippen molar-refractivity contribution >= 4 is 5.71 Å². The lowest BCUT2D eigenvalue weighted by atomic mass is 10.1. The predicted octanol–water partition coefficient (Wildman–Crippen LogP) is 0.294. The third kappa shape index (κ3) is 0.614. The van der Waals surface area contributed by atoms with Crippen LogP contribution in [0.15, 0.2) is 29.0 Å². The lowest BCUT2D eigenvalue weighted by molar-refractivity contribution is 0.688. The van der Waals surface area contributed by atoms with Crippen LogP contribution < -0.4 is 11.0 Å². The van der Waals surface area contributed by atoms with Crippen molar-refractivity contribution in [2.75, 3.05) is 0 Å². The van der Waals surface area contributed by atoms with E-state index in [1.807, 2.05) is 6.08 Å². The summed E-state index contributed by atoms with van der Waals surface area (Å²) in [5.41, 5.74) is 7.69. The zero-order valence-corrected chi connectivity index (χ0v) is 4.89. The fourth-order valence-corrected chi connectivity index (χ4v) is 0.921. The molecule has 1 aliphatic carbocycles. The molecule has 0 aromatic heterocycles. The van der Waals surface area contributed by atoms with Gasteiger partial charge in [-0.2, -0.15) is 5.10 Å². The molecule has 2 aliphatic rings. The first-order chi connectivity index (χ1) is 4.47. The molecule has 0 atom stereocenters. The highest BCUT2D eigenvalue weighted by atomic mass is 15.6. The van der Waals surface area contributed by atoms with E-state index in [0.29, 0.717) is 0 Å². The summed E-state index contributed by atoms with van der Waals surface area (Å²) in [5, 5.41) is 3.96. The number of hydrazine groups is 1. The Morgan fingerprint density at radius 1 is 1.56 bits per heavy atom. The zero-order valence-electron chi connectivity index (χ0n) is 4.89. The molecule has 0 amide bonds. The van der Waals surface area contributed by atoms with Crippen molar-refractivity contribution in [1.82, 2.24) is 11.0 Å². The summed E-state index contributed by atoms with van der Waals surface area (Å²) in [4.78, 5) is 0. The van der Waals surface area contributed by atoms with Gasteiger partial charge in [0.2, 0.25) is 0 Å². The second kappa shape index (κ2) is 1.62. The number of nitrogens with one attached hydrogen (secondary N) is 2. The highest BCUT2D eigenvalue weighted by molar-refractivity contribution is 6.09. The van der Waals surface area contributed by atoms with Gasteiger partial charge in [0.05, 0.1) is 5.70 Å². The quantitative estimate of drug-likeness (QED) is 0.483. The monoisotopic (exact) mass is 121 g/mol. The van der Waals surface area contributed by atoms with E-state index in [1.54, 1.807) is 0 Å². The van der Waals surface area contributed by atoms with E-state index in [1.165, 1.54) is 0 Å². The predicted molar refractivity (Wildman–Crippen MR) is 35.5 cm³/mol. The summed E-state index contributed by atoms with van der Waals surface area (Å²) in [7, 11) is 0. The molecular weight excluding hydrogens is 114 g/mol. The molecule has 0 saturated carbocycles. The molecule has 0 saturated heterocycles. The summed E-state index contributed by atoms with van der Waals surface area (Å²) in [5.74, 6) is 0. The molecule has 3 nitrogen and oxygen atoms in total. The molecule has 2 rings (SSSR count). The molecule has 2 N–H and O–H groups in total. The summed E-state index contributed by atoms with van der Waals surface area (Å²) < 4.78 is 0. The normalized spacial score (nSPS) is 21.3. The van der Waals surface area contributed by atoms with Crippen LogP contribution in [0.25, 0.3) is 0 Å². The Morgan fingerprint density at radius 3 is 3.44 bits per heavy atom. The van der Waals surface area contributed by atoms with Crippen LogP contribution in [0.5, 0.6) is 0 Å². The molecule has 0 radical (unpaired) electrons. The number of nitrogens with zero attached hydrogens (tertiary/aromatic N) is 1. The van der Waals surface area contributed by atoms with Crippen LogP contribution in [0.1, 0.15) is 6.42 Å². The SMILES string of the molecule is C1=CC2=NNNC2=CC1. The van der Waals surface area contributed by atoms with E-state index >= 15 is 0 Å². The van der Waals surface area contributed by atoms with Crippen LogP contribution in [0.3, 0.4) is 0 Å². The number of allylic oxidation sites excluding steroid dienone is 3. The number of hydrogen-bond acceptors (Lipinski definition) is 3. The second-order valence-electron chi connectivity index (χ2n) is 1.99. The van der Waals surface area contributed by atoms with Gasteiger partial charge in [-0.1, -0.05) is 12.2 Å². The summed E-state index contributed by atoms with van der Waals surface area (Å²) in [6, 6.07) is 0. The van der Waals surface area contributed by atoms with Crippen molar-refractivity contribution in [3.63, 3.8) is 0 Å². The largest absolute Gasteiger partial charge is 0.283 e. The van der Waals surface area contributed by atoms with Gasteiger partial charge in [0.15, 0.2) is 0 Å². The maximum absolute atomic E-state index is 3.96. The Balaban J connectivity index is 2.37. The highest BCUT2D eigenvalue weighted by Crippen LogP contribution is 2.07. The van der Waals surface area contributed by atoms with Crippen molar-refractivity contribution in [1.29, 1.82) is 0 Å². The average molecular weight is 121 g/mol. The Morgan fingerprint density at radius 2 is 2.56 bits per heavy atom. The fourth-order valence-electron chi connectivity index (χ4n) is 0.921. The second-order valence-corrected chi connectivity index (χ2v) is 1.99. The Labute approximate surface area is 53.1 Å². The van der Waals surface area contributed by atoms with E-state index in [2.05, 4.69) is 28.2 Å². The van der Waals surface area contributed by atoms with Crippen molar-refractivity contribution in [3.8, 4) is 0 Å². The number of hydrazone groups is 1. The minimum Gasteiger partial charge on any atom is -0.283 e. The number of fused-ring (bicyclic) bond motifs is 1. The fraction of sp³-hybridized carbons (Fsp3) is 0.167. The Kier molecular flexibility index (Phi) is 0.828. The van der Waals surface area contributed by atoms with Crippen LogP contribution in [0.2, 0.25) is 0 Å². The van der Waals surface area contributed by atoms with Crippen LogP contribution in [0, 0.1) is 0 Å². The van der Waals surface area contributed by atoms with Gasteiger partial charge in [0.1, 0.15) is 5.71 Å². The summed E-state index contributed by atoms with van der Waals surface area (Å²) in [6.45, 7) is 0. The number of hydrogen-bond donors (Lipinski definition) is 2. The van der Waals surface area contributed by atoms with Gasteiger partial charge < -0.3 is 0 Å². The van der Waals surface area contributed by atoms with Crippen LogP contribution in [-0.4, -0.2) is 5.71 Å². The standard InChI is InChI=1S/C6H7N3/c1-2-4-6-5(3-1)7-9-8-6/h1,3-4,8-9H,2H2. The lowest BCUT2D eigenvalue weighted by Crippen LogP contribution is -2.20. The van der Waals surface area contributed by atoms with Crippen LogP contribution in [0.4, 0.5) is 0 Å². The average Bonchev–Trinajstić information content (AvgIpc) is 2.33. The minimum absolute atomic E-state index is 1.00. The van der Waals surface area contributed by atoms with Gasteiger partial charge in [-0.3, -0.25) is 5.43 Å². The van der Waals surface area contributed by atoms with E-state index < -0.39 is 0 Å². The molecule has 0 bridgehead atoms. The molecule has 0 spiro atoms. The molecule has 46 valence electrons. The zero-order chi connectivity index (χ0) is 6.10. The molecular formula is C6H7N3. The van der Waals surface area contributed by atoms with Gasteiger partial charge in [-0.15, -0.1) is 0 Å². The third-order valence-electron chi connectivity index (χ3n) is 1.38. The van der Waals surface area contributed by atoms with Gasteiger partial charge in [0.25, 0.3) is 0 Å². The smallest absolute Gasteiger partial charge is 0.109 e. The molecule has 3 heteroatoms. The third-order valence-corrected chi connectivity index (χ3v) is 1.38. The number of rotatable bonds is 0. The first-order valence-corrected chi connectivity index (χ1v) is 2.92. The van der Waals surface area contributed by atoms with Crippen LogP contribution in [-0.2, 0) is 0 Å². The van der Waals surface area contributed by atoms with Crippen molar-refractivity contribution < 1.29 is 0 Å². The van der Waals surface area contributed by atoms with Gasteiger partial charge in [-0.05, 0) is 12.5 Å². The first kappa shape index (κ1) is 4.61. The van der Waals surface area contributed by atoms with Crippen molar-refractivity contribution in [3.05, 3.63) is 23.9 Å². The summed E-state index contributed by atoms with van der Waals surface area (Å²) in [6.07, 6.45) is 7.18. The van der Waals surface area contributed by atoms with Crippen molar-refractivity contribution in [2.24, 2.45) is 5.10 Å². The molecule has 0 aromatic rings. The maximum Gasteiger partial charge on any atom is 0.109 e. The minimum atomic E-state index is 1.00. The van der Waals surface area contributed by atoms with E-state index in [4.69, 9.17) is 0 Å². The highest BCUT2D eigenvalue weighted by Gasteiger charge is 2.10. The van der Waals surface area contributed by atoms with E-state index in [9.17, 15) is 0 Å². The van der Waals surface area contributed by atoms with Crippen molar-refractivity contribution in [2.45, 2.75) is 6.42 Å². The molecule has 0 aromatic carbocycles. The van der Waals surface area contributed by atoms with Crippen LogP contribution >= 0.6 is 0 Å². The van der Waals surface area contributed by atoms with Gasteiger partial charge in [0, 0.05) is 0 Å². The lowest BCUT2D eigenvalue weighted by Gasteiger charge is -2.00. The Hall–Kier alpha value is -1.25. The van der Waals surface area contributed by atoms with Gasteiger partial charge in [-0.25, -0.2) is 5.53 Å². The molecule has 1 aliphatic heterocycles. The topological polar surface area (TPSA) is 36.4 Å². The summed E-state index contributed by atoms with van der Waals surface area (Å²) >= 11 is 0. The molecule has 1 heterocycles. The molecule has 9 heavy (non-hydrogen) atoms. The maximum atomic E-state index is 3.96. The molecule has 0 unspecified atom stereocenters. The van der Waals surface area contributed by atoms with E-state index in [0.717, 1.165) is 17.8 Å². The Bertz CT molecular complexity index is 212. The molecule has 0 fully saturated rings. The van der Waals surface area contributed by atoms with Gasteiger partial charge >= 0.3 is 0 Å².